The number of aromatic nitrogens is 1. The summed E-state index contributed by atoms with van der Waals surface area (Å²) in [6.45, 7) is 2.16. The number of para-hydroxylation sites is 1. The first kappa shape index (κ1) is 27.9. The van der Waals surface area contributed by atoms with Gasteiger partial charge in [0.1, 0.15) is 22.3 Å². The molecule has 0 fully saturated rings. The summed E-state index contributed by atoms with van der Waals surface area (Å²) in [5, 5.41) is 27.6. The lowest BCUT2D eigenvalue weighted by Gasteiger charge is -2.26. The number of hydrogen-bond acceptors (Lipinski definition) is 7. The molecule has 208 valence electrons. The van der Waals surface area contributed by atoms with Crippen LogP contribution in [0.3, 0.4) is 0 Å². The molecule has 0 spiro atoms. The van der Waals surface area contributed by atoms with E-state index in [-0.39, 0.29) is 17.2 Å². The number of benzene rings is 3. The average Bonchev–Trinajstić information content (AvgIpc) is 3.63. The largest absolute Gasteiger partial charge is 0.487 e. The normalized spacial score (nSPS) is 14.1. The maximum absolute atomic E-state index is 12.5. The van der Waals surface area contributed by atoms with Gasteiger partial charge >= 0.3 is 0 Å². The number of rotatable bonds is 12. The number of aliphatic hydroxyl groups excluding tert-OH is 1. The molecule has 0 bridgehead atoms. The van der Waals surface area contributed by atoms with E-state index in [1.807, 2.05) is 54.7 Å². The zero-order chi connectivity index (χ0) is 28.2. The number of aliphatic hydroxyl groups is 2. The predicted molar refractivity (Wildman–Crippen MR) is 158 cm³/mol. The number of thiophene rings is 1. The quantitative estimate of drug-likeness (QED) is 0.130. The van der Waals surface area contributed by atoms with Gasteiger partial charge in [0.05, 0.1) is 11.6 Å². The van der Waals surface area contributed by atoms with Crippen molar-refractivity contribution in [1.29, 1.82) is 0 Å². The fourth-order valence-corrected chi connectivity index (χ4v) is 6.53. The topological polar surface area (TPSA) is 124 Å². The maximum atomic E-state index is 12.5. The van der Waals surface area contributed by atoms with Crippen molar-refractivity contribution < 1.29 is 23.4 Å². The van der Waals surface area contributed by atoms with E-state index in [9.17, 15) is 18.6 Å². The van der Waals surface area contributed by atoms with Crippen LogP contribution < -0.4 is 14.8 Å². The molecule has 5 aromatic rings. The molecule has 0 amide bonds. The van der Waals surface area contributed by atoms with Crippen molar-refractivity contribution in [2.45, 2.75) is 36.0 Å². The van der Waals surface area contributed by atoms with Crippen molar-refractivity contribution in [2.24, 2.45) is 0 Å². The Morgan fingerprint density at radius 3 is 2.60 bits per heavy atom. The molecular formula is C30H31N3O5S2. The molecule has 10 heteroatoms. The molecule has 2 heterocycles. The summed E-state index contributed by atoms with van der Waals surface area (Å²) in [5.41, 5.74) is 2.36. The van der Waals surface area contributed by atoms with E-state index in [0.717, 1.165) is 39.1 Å². The molecule has 0 aliphatic carbocycles. The first-order chi connectivity index (χ1) is 19.2. The highest BCUT2D eigenvalue weighted by atomic mass is 32.2. The molecule has 0 saturated carbocycles. The molecular weight excluding hydrogens is 546 g/mol. The third-order valence-electron chi connectivity index (χ3n) is 6.49. The van der Waals surface area contributed by atoms with E-state index in [1.165, 1.54) is 6.07 Å². The van der Waals surface area contributed by atoms with Gasteiger partial charge in [-0.3, -0.25) is 10.0 Å². The first-order valence-electron chi connectivity index (χ1n) is 12.8. The van der Waals surface area contributed by atoms with E-state index in [1.54, 1.807) is 42.6 Å². The third kappa shape index (κ3) is 6.72. The van der Waals surface area contributed by atoms with E-state index < -0.39 is 21.9 Å². The number of sulfonamides is 1. The Morgan fingerprint density at radius 1 is 1.02 bits per heavy atom. The molecule has 2 atom stereocenters. The molecule has 0 aliphatic heterocycles. The number of ether oxygens (including phenoxy) is 1. The molecule has 8 nitrogen and oxygen atoms in total. The number of aromatic amines is 1. The highest BCUT2D eigenvalue weighted by molar-refractivity contribution is 7.94. The van der Waals surface area contributed by atoms with Crippen LogP contribution in [0.2, 0.25) is 0 Å². The molecule has 40 heavy (non-hydrogen) atoms. The molecule has 0 unspecified atom stereocenters. The van der Waals surface area contributed by atoms with Gasteiger partial charge < -0.3 is 19.9 Å². The number of nitrogens with one attached hydrogen (secondary N) is 3. The molecule has 2 aromatic heterocycles. The van der Waals surface area contributed by atoms with Crippen LogP contribution in [-0.2, 0) is 23.1 Å². The van der Waals surface area contributed by atoms with Gasteiger partial charge in [0, 0.05) is 30.2 Å². The summed E-state index contributed by atoms with van der Waals surface area (Å²) in [4.78, 5) is 3.27. The average molecular weight is 578 g/mol. The van der Waals surface area contributed by atoms with Gasteiger partial charge in [0.2, 0.25) is 0 Å². The van der Waals surface area contributed by atoms with Crippen LogP contribution in [0.4, 0.5) is 5.69 Å². The van der Waals surface area contributed by atoms with E-state index >= 15 is 0 Å². The fourth-order valence-electron chi connectivity index (χ4n) is 4.49. The summed E-state index contributed by atoms with van der Waals surface area (Å²) >= 11 is 1.13. The highest BCUT2D eigenvalue weighted by Crippen LogP contribution is 2.30. The molecule has 3 aromatic carbocycles. The van der Waals surface area contributed by atoms with Crippen molar-refractivity contribution in [3.05, 3.63) is 113 Å². The van der Waals surface area contributed by atoms with Crippen molar-refractivity contribution in [2.75, 3.05) is 11.3 Å². The minimum Gasteiger partial charge on any atom is -0.487 e. The lowest BCUT2D eigenvalue weighted by atomic mass is 10.0. The summed E-state index contributed by atoms with van der Waals surface area (Å²) in [6, 6.07) is 25.5. The summed E-state index contributed by atoms with van der Waals surface area (Å²) in [5.74, 6) is 0.727. The molecule has 5 N–H and O–H groups in total. The van der Waals surface area contributed by atoms with Crippen LogP contribution in [0.15, 0.2) is 101 Å². The Bertz CT molecular complexity index is 1670. The monoisotopic (exact) mass is 577 g/mol. The van der Waals surface area contributed by atoms with Gasteiger partial charge in [-0.25, -0.2) is 8.42 Å². The van der Waals surface area contributed by atoms with Crippen LogP contribution in [0, 0.1) is 0 Å². The Kier molecular flexibility index (Phi) is 8.24. The Morgan fingerprint density at radius 2 is 1.82 bits per heavy atom. The van der Waals surface area contributed by atoms with Crippen LogP contribution >= 0.6 is 11.3 Å². The maximum Gasteiger partial charge on any atom is 0.271 e. The second-order valence-electron chi connectivity index (χ2n) is 9.78. The predicted octanol–water partition coefficient (Wildman–Crippen LogP) is 5.18. The summed E-state index contributed by atoms with van der Waals surface area (Å²) in [7, 11) is -3.70. The smallest absolute Gasteiger partial charge is 0.271 e. The minimum absolute atomic E-state index is 0.0575. The van der Waals surface area contributed by atoms with E-state index in [2.05, 4.69) is 15.0 Å². The number of fused-ring (bicyclic) bond motifs is 1. The Hall–Kier alpha value is -3.67. The molecule has 0 aliphatic rings. The van der Waals surface area contributed by atoms with Crippen molar-refractivity contribution in [3.8, 4) is 5.75 Å². The van der Waals surface area contributed by atoms with Crippen LogP contribution in [-0.4, -0.2) is 35.9 Å². The van der Waals surface area contributed by atoms with Crippen molar-refractivity contribution in [1.82, 2.24) is 10.3 Å². The van der Waals surface area contributed by atoms with Crippen molar-refractivity contribution in [3.63, 3.8) is 0 Å². The second kappa shape index (κ2) is 11.8. The van der Waals surface area contributed by atoms with E-state index in [0.29, 0.717) is 17.9 Å². The minimum atomic E-state index is -3.70. The summed E-state index contributed by atoms with van der Waals surface area (Å²) < 4.78 is 33.9. The van der Waals surface area contributed by atoms with Gasteiger partial charge in [-0.15, -0.1) is 11.3 Å². The first-order valence-corrected chi connectivity index (χ1v) is 15.1. The van der Waals surface area contributed by atoms with Gasteiger partial charge in [-0.1, -0.05) is 60.7 Å². The lowest BCUT2D eigenvalue weighted by Crippen LogP contribution is -2.46. The van der Waals surface area contributed by atoms with Crippen LogP contribution in [0.1, 0.15) is 29.7 Å². The van der Waals surface area contributed by atoms with Gasteiger partial charge in [-0.2, -0.15) is 0 Å². The van der Waals surface area contributed by atoms with Gasteiger partial charge in [0.15, 0.2) is 0 Å². The van der Waals surface area contributed by atoms with E-state index in [4.69, 9.17) is 4.74 Å². The zero-order valence-corrected chi connectivity index (χ0v) is 23.5. The second-order valence-corrected chi connectivity index (χ2v) is 12.6. The molecule has 0 saturated heterocycles. The highest BCUT2D eigenvalue weighted by Gasteiger charge is 2.24. The van der Waals surface area contributed by atoms with Crippen LogP contribution in [0.5, 0.6) is 5.75 Å². The zero-order valence-electron chi connectivity index (χ0n) is 21.9. The summed E-state index contributed by atoms with van der Waals surface area (Å²) in [6.07, 6.45) is 1.16. The number of hydrogen-bond donors (Lipinski definition) is 5. The van der Waals surface area contributed by atoms with Crippen molar-refractivity contribution >= 4 is 38.0 Å². The fraction of sp³-hybridized carbons (Fsp3) is 0.200. The van der Waals surface area contributed by atoms with Gasteiger partial charge in [-0.05, 0) is 53.3 Å². The molecule has 5 rings (SSSR count). The number of H-pyrrole nitrogens is 1. The third-order valence-corrected chi connectivity index (χ3v) is 9.27. The standard InChI is InChI=1S/C30H31N3O5S2/c1-30(35,17-23-18-31-29-25(23)12-6-13-27(29)38-20-21-8-3-2-4-9-21)32-19-26(34)22-10-5-11-24(16-22)33-40(36,37)28-14-7-15-39-28/h2-16,18,26,31-35H,17,19-20H2,1H3/t26-,30-/m0/s1. The lowest BCUT2D eigenvalue weighted by molar-refractivity contribution is 0.0112. The Labute approximate surface area is 237 Å². The van der Waals surface area contributed by atoms with Gasteiger partial charge in [0.25, 0.3) is 10.0 Å². The molecule has 0 radical (unpaired) electrons. The number of anilines is 1. The Balaban J connectivity index is 1.21. The SMILES string of the molecule is C[C@](O)(Cc1c[nH]c2c(OCc3ccccc3)cccc12)NC[C@H](O)c1cccc(NS(=O)(=O)c2cccs2)c1. The van der Waals surface area contributed by atoms with Crippen LogP contribution in [0.25, 0.3) is 10.9 Å².